The number of carbonyl (C=O) groups excluding carboxylic acids is 2. The van der Waals surface area contributed by atoms with Crippen LogP contribution in [0.25, 0.3) is 5.65 Å². The molecule has 2 amide bonds. The van der Waals surface area contributed by atoms with Gasteiger partial charge < -0.3 is 10.2 Å². The molecule has 0 aromatic carbocycles. The molecule has 0 unspecified atom stereocenters. The van der Waals surface area contributed by atoms with E-state index in [1.807, 2.05) is 11.8 Å². The van der Waals surface area contributed by atoms with Gasteiger partial charge in [0.1, 0.15) is 6.33 Å². The van der Waals surface area contributed by atoms with Crippen molar-refractivity contribution in [2.24, 2.45) is 0 Å². The van der Waals surface area contributed by atoms with E-state index in [0.717, 1.165) is 12.8 Å². The second kappa shape index (κ2) is 6.13. The van der Waals surface area contributed by atoms with Crippen molar-refractivity contribution in [3.63, 3.8) is 0 Å². The summed E-state index contributed by atoms with van der Waals surface area (Å²) >= 11 is 0. The fourth-order valence-corrected chi connectivity index (χ4v) is 2.79. The number of amides is 2. The molecule has 7 nitrogen and oxygen atoms in total. The number of rotatable bonds is 3. The molecule has 2 aromatic heterocycles. The van der Waals surface area contributed by atoms with Crippen LogP contribution >= 0.6 is 0 Å². The van der Waals surface area contributed by atoms with Crippen LogP contribution in [-0.4, -0.2) is 50.4 Å². The van der Waals surface area contributed by atoms with Gasteiger partial charge in [-0.3, -0.25) is 14.0 Å². The van der Waals surface area contributed by atoms with E-state index in [9.17, 15) is 9.59 Å². The number of fused-ring (bicyclic) bond motifs is 1. The third-order valence-electron chi connectivity index (χ3n) is 4.05. The molecule has 2 aromatic rings. The lowest BCUT2D eigenvalue weighted by Crippen LogP contribution is -2.46. The molecule has 3 heterocycles. The van der Waals surface area contributed by atoms with E-state index < -0.39 is 0 Å². The predicted octanol–water partition coefficient (Wildman–Crippen LogP) is 0.860. The normalized spacial score (nSPS) is 16.0. The molecule has 0 bridgehead atoms. The summed E-state index contributed by atoms with van der Waals surface area (Å²) in [4.78, 5) is 25.9. The van der Waals surface area contributed by atoms with E-state index in [-0.39, 0.29) is 17.9 Å². The Kier molecular flexibility index (Phi) is 4.04. The average molecular weight is 301 g/mol. The molecular formula is C15H19N5O2. The largest absolute Gasteiger partial charge is 0.349 e. The molecule has 1 N–H and O–H groups in total. The van der Waals surface area contributed by atoms with Crippen LogP contribution in [-0.2, 0) is 4.79 Å². The Morgan fingerprint density at radius 3 is 2.86 bits per heavy atom. The predicted molar refractivity (Wildman–Crippen MR) is 80.3 cm³/mol. The highest BCUT2D eigenvalue weighted by molar-refractivity contribution is 5.99. The van der Waals surface area contributed by atoms with Crippen molar-refractivity contribution in [2.45, 2.75) is 32.2 Å². The molecule has 0 radical (unpaired) electrons. The summed E-state index contributed by atoms with van der Waals surface area (Å²) in [6.45, 7) is 3.27. The van der Waals surface area contributed by atoms with Crippen LogP contribution in [0.2, 0.25) is 0 Å². The first-order valence-electron chi connectivity index (χ1n) is 7.56. The van der Waals surface area contributed by atoms with Gasteiger partial charge in [-0.25, -0.2) is 0 Å². The first kappa shape index (κ1) is 14.5. The van der Waals surface area contributed by atoms with Crippen LogP contribution in [0, 0.1) is 0 Å². The molecule has 22 heavy (non-hydrogen) atoms. The minimum absolute atomic E-state index is 0.0941. The Labute approximate surface area is 128 Å². The minimum atomic E-state index is -0.140. The SMILES string of the molecule is CCC(=O)N1CCC(NC(=O)c2cccn3cnnc23)CC1. The Balaban J connectivity index is 1.64. The zero-order valence-corrected chi connectivity index (χ0v) is 12.5. The summed E-state index contributed by atoms with van der Waals surface area (Å²) in [5.41, 5.74) is 1.07. The number of piperidine rings is 1. The van der Waals surface area contributed by atoms with Crippen LogP contribution in [0.3, 0.4) is 0 Å². The topological polar surface area (TPSA) is 79.6 Å². The van der Waals surface area contributed by atoms with Crippen LogP contribution in [0.1, 0.15) is 36.5 Å². The number of pyridine rings is 1. The molecule has 0 spiro atoms. The van der Waals surface area contributed by atoms with Gasteiger partial charge in [0.05, 0.1) is 5.56 Å². The van der Waals surface area contributed by atoms with Gasteiger partial charge in [-0.1, -0.05) is 6.92 Å². The first-order chi connectivity index (χ1) is 10.7. The standard InChI is InChI=1S/C15H19N5O2/c1-2-13(21)19-8-5-11(6-9-19)17-15(22)12-4-3-7-20-10-16-18-14(12)20/h3-4,7,10-11H,2,5-6,8-9H2,1H3,(H,17,22). The Hall–Kier alpha value is -2.44. The Morgan fingerprint density at radius 2 is 2.14 bits per heavy atom. The minimum Gasteiger partial charge on any atom is -0.349 e. The summed E-state index contributed by atoms with van der Waals surface area (Å²) in [5.74, 6) is 0.0388. The van der Waals surface area contributed by atoms with Crippen molar-refractivity contribution < 1.29 is 9.59 Å². The second-order valence-electron chi connectivity index (χ2n) is 5.47. The average Bonchev–Trinajstić information content (AvgIpc) is 3.03. The molecule has 0 saturated carbocycles. The Bertz CT molecular complexity index is 688. The lowest BCUT2D eigenvalue weighted by atomic mass is 10.0. The van der Waals surface area contributed by atoms with E-state index in [1.54, 1.807) is 29.1 Å². The first-order valence-corrected chi connectivity index (χ1v) is 7.56. The highest BCUT2D eigenvalue weighted by atomic mass is 16.2. The van der Waals surface area contributed by atoms with Crippen LogP contribution in [0.4, 0.5) is 0 Å². The quantitative estimate of drug-likeness (QED) is 0.912. The van der Waals surface area contributed by atoms with E-state index in [2.05, 4.69) is 15.5 Å². The van der Waals surface area contributed by atoms with Gasteiger partial charge in [-0.2, -0.15) is 0 Å². The molecule has 116 valence electrons. The summed E-state index contributed by atoms with van der Waals surface area (Å²) in [5, 5.41) is 10.8. The van der Waals surface area contributed by atoms with Crippen molar-refractivity contribution >= 4 is 17.5 Å². The summed E-state index contributed by atoms with van der Waals surface area (Å²) in [6, 6.07) is 3.64. The molecular weight excluding hydrogens is 282 g/mol. The third kappa shape index (κ3) is 2.79. The smallest absolute Gasteiger partial charge is 0.255 e. The highest BCUT2D eigenvalue weighted by Gasteiger charge is 2.24. The van der Waals surface area contributed by atoms with Crippen molar-refractivity contribution in [2.75, 3.05) is 13.1 Å². The number of nitrogens with one attached hydrogen (secondary N) is 1. The molecule has 3 rings (SSSR count). The number of carbonyl (C=O) groups is 2. The molecule has 1 fully saturated rings. The number of likely N-dealkylation sites (tertiary alicyclic amines) is 1. The summed E-state index contributed by atoms with van der Waals surface area (Å²) in [6.07, 6.45) is 5.48. The van der Waals surface area contributed by atoms with Crippen molar-refractivity contribution in [1.82, 2.24) is 24.8 Å². The molecule has 1 aliphatic heterocycles. The fourth-order valence-electron chi connectivity index (χ4n) is 2.79. The van der Waals surface area contributed by atoms with Gasteiger partial charge in [-0.05, 0) is 25.0 Å². The number of aromatic nitrogens is 3. The second-order valence-corrected chi connectivity index (χ2v) is 5.47. The number of hydrogen-bond acceptors (Lipinski definition) is 4. The van der Waals surface area contributed by atoms with Crippen LogP contribution in [0.15, 0.2) is 24.7 Å². The van der Waals surface area contributed by atoms with Crippen molar-refractivity contribution in [3.05, 3.63) is 30.2 Å². The summed E-state index contributed by atoms with van der Waals surface area (Å²) < 4.78 is 1.72. The van der Waals surface area contributed by atoms with E-state index >= 15 is 0 Å². The number of hydrogen-bond donors (Lipinski definition) is 1. The van der Waals surface area contributed by atoms with Gasteiger partial charge >= 0.3 is 0 Å². The molecule has 0 aliphatic carbocycles. The zero-order chi connectivity index (χ0) is 15.5. The van der Waals surface area contributed by atoms with Gasteiger partial charge in [0.25, 0.3) is 5.91 Å². The lowest BCUT2D eigenvalue weighted by molar-refractivity contribution is -0.131. The van der Waals surface area contributed by atoms with Crippen LogP contribution in [0.5, 0.6) is 0 Å². The third-order valence-corrected chi connectivity index (χ3v) is 4.05. The van der Waals surface area contributed by atoms with E-state index in [0.29, 0.717) is 30.7 Å². The highest BCUT2D eigenvalue weighted by Crippen LogP contribution is 2.13. The zero-order valence-electron chi connectivity index (χ0n) is 12.5. The molecule has 1 aliphatic rings. The maximum atomic E-state index is 12.4. The fraction of sp³-hybridized carbons (Fsp3) is 0.467. The monoisotopic (exact) mass is 301 g/mol. The van der Waals surface area contributed by atoms with E-state index in [1.165, 1.54) is 0 Å². The Morgan fingerprint density at radius 1 is 1.36 bits per heavy atom. The molecule has 1 saturated heterocycles. The van der Waals surface area contributed by atoms with Gasteiger partial charge in [-0.15, -0.1) is 10.2 Å². The van der Waals surface area contributed by atoms with Gasteiger partial charge in [0, 0.05) is 31.7 Å². The molecule has 7 heteroatoms. The van der Waals surface area contributed by atoms with E-state index in [4.69, 9.17) is 0 Å². The van der Waals surface area contributed by atoms with Gasteiger partial charge in [0.15, 0.2) is 5.65 Å². The van der Waals surface area contributed by atoms with Crippen molar-refractivity contribution in [3.8, 4) is 0 Å². The maximum absolute atomic E-state index is 12.4. The number of nitrogens with zero attached hydrogens (tertiary/aromatic N) is 4. The van der Waals surface area contributed by atoms with Gasteiger partial charge in [0.2, 0.25) is 5.91 Å². The summed E-state index contributed by atoms with van der Waals surface area (Å²) in [7, 11) is 0. The maximum Gasteiger partial charge on any atom is 0.255 e. The molecule has 0 atom stereocenters. The van der Waals surface area contributed by atoms with Crippen molar-refractivity contribution in [1.29, 1.82) is 0 Å². The lowest BCUT2D eigenvalue weighted by Gasteiger charge is -2.32. The van der Waals surface area contributed by atoms with Crippen LogP contribution < -0.4 is 5.32 Å².